The maximum atomic E-state index is 5.69. The van der Waals surface area contributed by atoms with Crippen LogP contribution < -0.4 is 10.2 Å². The first kappa shape index (κ1) is 15.5. The molecule has 0 aliphatic heterocycles. The molecule has 0 saturated heterocycles. The van der Waals surface area contributed by atoms with Gasteiger partial charge in [0.25, 0.3) is 0 Å². The number of hydrogen-bond donors (Lipinski definition) is 2. The van der Waals surface area contributed by atoms with Crippen molar-refractivity contribution in [3.63, 3.8) is 0 Å². The summed E-state index contributed by atoms with van der Waals surface area (Å²) in [7, 11) is 0. The fourth-order valence-electron chi connectivity index (χ4n) is 1.78. The van der Waals surface area contributed by atoms with Crippen molar-refractivity contribution in [1.29, 1.82) is 0 Å². The molecule has 1 aromatic heterocycles. The van der Waals surface area contributed by atoms with Crippen LogP contribution in [0, 0.1) is 11.7 Å². The zero-order valence-electron chi connectivity index (χ0n) is 11.0. The van der Waals surface area contributed by atoms with Crippen molar-refractivity contribution in [1.82, 2.24) is 14.9 Å². The molecule has 0 unspecified atom stereocenters. The number of ether oxygens (including phenoxy) is 1. The Balaban J connectivity index is 2.27. The lowest BCUT2D eigenvalue weighted by molar-refractivity contribution is 0.334. The number of nitrogens with zero attached hydrogens (tertiary/aromatic N) is 2. The summed E-state index contributed by atoms with van der Waals surface area (Å²) in [5.74, 6) is 1.61. The number of halogens is 2. The Kier molecular flexibility index (Phi) is 5.22. The molecular formula is C12H14Br2N4OS. The van der Waals surface area contributed by atoms with Gasteiger partial charge in [0.1, 0.15) is 11.6 Å². The van der Waals surface area contributed by atoms with Crippen LogP contribution in [-0.2, 0) is 6.54 Å². The summed E-state index contributed by atoms with van der Waals surface area (Å²) < 4.78 is 9.86. The highest BCUT2D eigenvalue weighted by molar-refractivity contribution is 9.11. The Labute approximate surface area is 139 Å². The summed E-state index contributed by atoms with van der Waals surface area (Å²) in [6.45, 7) is 5.01. The quantitative estimate of drug-likeness (QED) is 0.718. The van der Waals surface area contributed by atoms with Crippen molar-refractivity contribution < 1.29 is 4.74 Å². The second-order valence-corrected chi connectivity index (χ2v) is 6.21. The van der Waals surface area contributed by atoms with Gasteiger partial charge in [-0.1, -0.05) is 15.9 Å². The third kappa shape index (κ3) is 3.42. The Hall–Kier alpha value is -0.860. The van der Waals surface area contributed by atoms with Gasteiger partial charge >= 0.3 is 0 Å². The van der Waals surface area contributed by atoms with Gasteiger partial charge in [0.2, 0.25) is 4.77 Å². The molecule has 0 bridgehead atoms. The Bertz CT molecular complexity index is 668. The van der Waals surface area contributed by atoms with Crippen LogP contribution in [0.2, 0.25) is 0 Å². The Morgan fingerprint density at radius 3 is 2.80 bits per heavy atom. The topological polar surface area (TPSA) is 54.9 Å². The Morgan fingerprint density at radius 2 is 2.20 bits per heavy atom. The van der Waals surface area contributed by atoms with Gasteiger partial charge in [0, 0.05) is 10.0 Å². The minimum absolute atomic E-state index is 0.537. The van der Waals surface area contributed by atoms with E-state index in [1.54, 1.807) is 4.68 Å². The monoisotopic (exact) mass is 420 g/mol. The summed E-state index contributed by atoms with van der Waals surface area (Å²) >= 11 is 12.2. The van der Waals surface area contributed by atoms with Crippen LogP contribution >= 0.6 is 44.1 Å². The number of H-pyrrole nitrogens is 1. The summed E-state index contributed by atoms with van der Waals surface area (Å²) in [4.78, 5) is 0. The minimum atomic E-state index is 0.537. The molecule has 5 nitrogen and oxygen atoms in total. The van der Waals surface area contributed by atoms with E-state index in [0.29, 0.717) is 17.9 Å². The van der Waals surface area contributed by atoms with Crippen molar-refractivity contribution >= 4 is 44.1 Å². The minimum Gasteiger partial charge on any atom is -0.492 e. The van der Waals surface area contributed by atoms with Crippen LogP contribution in [0.1, 0.15) is 18.3 Å². The zero-order valence-corrected chi connectivity index (χ0v) is 15.0. The van der Waals surface area contributed by atoms with Crippen LogP contribution in [0.25, 0.3) is 0 Å². The van der Waals surface area contributed by atoms with Gasteiger partial charge in [-0.25, -0.2) is 4.68 Å². The number of hydrogen-bond acceptors (Lipinski definition) is 4. The maximum absolute atomic E-state index is 5.69. The molecule has 0 atom stereocenters. The first-order valence-electron chi connectivity index (χ1n) is 6.01. The van der Waals surface area contributed by atoms with Crippen LogP contribution in [0.3, 0.4) is 0 Å². The molecule has 0 aliphatic rings. The van der Waals surface area contributed by atoms with Gasteiger partial charge in [-0.15, -0.1) is 0 Å². The second-order valence-electron chi connectivity index (χ2n) is 4.06. The fourth-order valence-corrected chi connectivity index (χ4v) is 3.45. The third-order valence-electron chi connectivity index (χ3n) is 2.64. The summed E-state index contributed by atoms with van der Waals surface area (Å²) in [5, 5.41) is 6.80. The SMILES string of the molecule is CCOc1c(Br)cc(Br)cc1CNn1c(C)n[nH]c1=S. The molecule has 0 aliphatic carbocycles. The number of aryl methyl sites for hydroxylation is 1. The lowest BCUT2D eigenvalue weighted by atomic mass is 10.2. The van der Waals surface area contributed by atoms with Crippen molar-refractivity contribution in [2.45, 2.75) is 20.4 Å². The number of rotatable bonds is 5. The van der Waals surface area contributed by atoms with E-state index in [0.717, 1.165) is 26.1 Å². The van der Waals surface area contributed by atoms with Gasteiger partial charge in [0.05, 0.1) is 17.6 Å². The van der Waals surface area contributed by atoms with Crippen molar-refractivity contribution in [2.24, 2.45) is 0 Å². The average molecular weight is 422 g/mol. The number of aromatic amines is 1. The van der Waals surface area contributed by atoms with Gasteiger partial charge in [-0.3, -0.25) is 5.10 Å². The van der Waals surface area contributed by atoms with E-state index < -0.39 is 0 Å². The molecule has 8 heteroatoms. The van der Waals surface area contributed by atoms with Crippen LogP contribution in [0.15, 0.2) is 21.1 Å². The van der Waals surface area contributed by atoms with Crippen molar-refractivity contribution in [2.75, 3.05) is 12.0 Å². The largest absolute Gasteiger partial charge is 0.492 e. The zero-order chi connectivity index (χ0) is 14.7. The third-order valence-corrected chi connectivity index (χ3v) is 3.96. The molecule has 0 radical (unpaired) electrons. The van der Waals surface area contributed by atoms with E-state index >= 15 is 0 Å². The predicted octanol–water partition coefficient (Wildman–Crippen LogP) is 3.92. The molecular weight excluding hydrogens is 408 g/mol. The molecule has 20 heavy (non-hydrogen) atoms. The second kappa shape index (κ2) is 6.73. The number of benzene rings is 1. The first-order chi connectivity index (χ1) is 9.52. The Morgan fingerprint density at radius 1 is 1.45 bits per heavy atom. The summed E-state index contributed by atoms with van der Waals surface area (Å²) in [6, 6.07) is 3.98. The van der Waals surface area contributed by atoms with Crippen LogP contribution in [0.5, 0.6) is 5.75 Å². The smallest absolute Gasteiger partial charge is 0.214 e. The highest BCUT2D eigenvalue weighted by Crippen LogP contribution is 2.33. The molecule has 2 N–H and O–H groups in total. The van der Waals surface area contributed by atoms with Crippen LogP contribution in [-0.4, -0.2) is 21.5 Å². The number of nitrogens with one attached hydrogen (secondary N) is 2. The van der Waals surface area contributed by atoms with Gasteiger partial charge in [-0.05, 0) is 54.1 Å². The van der Waals surface area contributed by atoms with Crippen molar-refractivity contribution in [3.8, 4) is 5.75 Å². The highest BCUT2D eigenvalue weighted by Gasteiger charge is 2.10. The average Bonchev–Trinajstić information content (AvgIpc) is 2.70. The molecule has 108 valence electrons. The standard InChI is InChI=1S/C12H14Br2N4OS/c1-3-19-11-8(4-9(13)5-10(11)14)6-15-18-7(2)16-17-12(18)20/h4-5,15H,3,6H2,1-2H3,(H,17,20). The molecule has 0 spiro atoms. The van der Waals surface area contributed by atoms with E-state index in [-0.39, 0.29) is 0 Å². The van der Waals surface area contributed by atoms with E-state index in [4.69, 9.17) is 17.0 Å². The molecule has 2 rings (SSSR count). The van der Waals surface area contributed by atoms with Crippen LogP contribution in [0.4, 0.5) is 0 Å². The molecule has 0 fully saturated rings. The summed E-state index contributed by atoms with van der Waals surface area (Å²) in [6.07, 6.45) is 0. The van der Waals surface area contributed by atoms with Gasteiger partial charge in [0.15, 0.2) is 0 Å². The van der Waals surface area contributed by atoms with E-state index in [2.05, 4.69) is 47.5 Å². The molecule has 2 aromatic rings. The van der Waals surface area contributed by atoms with E-state index in [9.17, 15) is 0 Å². The lowest BCUT2D eigenvalue weighted by Crippen LogP contribution is -2.16. The molecule has 0 amide bonds. The molecule has 1 heterocycles. The van der Waals surface area contributed by atoms with E-state index in [1.807, 2.05) is 26.0 Å². The lowest BCUT2D eigenvalue weighted by Gasteiger charge is -2.15. The molecule has 0 saturated carbocycles. The number of aromatic nitrogens is 3. The van der Waals surface area contributed by atoms with Crippen molar-refractivity contribution in [3.05, 3.63) is 37.2 Å². The fraction of sp³-hybridized carbons (Fsp3) is 0.333. The molecule has 1 aromatic carbocycles. The van der Waals surface area contributed by atoms with E-state index in [1.165, 1.54) is 0 Å². The highest BCUT2D eigenvalue weighted by atomic mass is 79.9. The normalized spacial score (nSPS) is 10.6. The summed E-state index contributed by atoms with van der Waals surface area (Å²) in [5.41, 5.74) is 4.25. The van der Waals surface area contributed by atoms with Gasteiger partial charge < -0.3 is 10.2 Å². The van der Waals surface area contributed by atoms with Gasteiger partial charge in [-0.2, -0.15) is 5.10 Å². The predicted molar refractivity (Wildman–Crippen MR) is 88.2 cm³/mol. The first-order valence-corrected chi connectivity index (χ1v) is 8.01. The maximum Gasteiger partial charge on any atom is 0.214 e.